The summed E-state index contributed by atoms with van der Waals surface area (Å²) in [5, 5.41) is 5.86. The van der Waals surface area contributed by atoms with Crippen LogP contribution in [0.5, 0.6) is 0 Å². The molecule has 0 bridgehead atoms. The van der Waals surface area contributed by atoms with Crippen molar-refractivity contribution in [2.45, 2.75) is 19.1 Å². The number of hydrogen-bond acceptors (Lipinski definition) is 5. The maximum atomic E-state index is 11.8. The predicted molar refractivity (Wildman–Crippen MR) is 54.3 cm³/mol. The van der Waals surface area contributed by atoms with Gasteiger partial charge in [0.25, 0.3) is 0 Å². The van der Waals surface area contributed by atoms with Gasteiger partial charge in [-0.1, -0.05) is 5.16 Å². The summed E-state index contributed by atoms with van der Waals surface area (Å²) in [4.78, 5) is 5.92. The summed E-state index contributed by atoms with van der Waals surface area (Å²) in [6.45, 7) is -0.383. The molecule has 0 atom stereocenters. The molecular weight excluding hydrogens is 237 g/mol. The number of likely N-dealkylation sites (N-methyl/N-ethyl adjacent to an activating group) is 1. The summed E-state index contributed by atoms with van der Waals surface area (Å²) in [5.41, 5.74) is 0. The number of hydrogen-bond donors (Lipinski definition) is 1. The summed E-state index contributed by atoms with van der Waals surface area (Å²) in [5.74, 6) is 0.672. The molecule has 0 aromatic carbocycles. The van der Waals surface area contributed by atoms with Crippen LogP contribution in [-0.2, 0) is 13.0 Å². The van der Waals surface area contributed by atoms with E-state index >= 15 is 0 Å². The lowest BCUT2D eigenvalue weighted by atomic mass is 10.4. The second kappa shape index (κ2) is 5.97. The first-order chi connectivity index (χ1) is 7.87. The molecule has 0 unspecified atom stereocenters. The van der Waals surface area contributed by atoms with E-state index in [0.29, 0.717) is 12.2 Å². The van der Waals surface area contributed by atoms with Gasteiger partial charge < -0.3 is 14.7 Å². The van der Waals surface area contributed by atoms with Crippen molar-refractivity contribution in [1.29, 1.82) is 0 Å². The van der Waals surface area contributed by atoms with E-state index in [2.05, 4.69) is 15.5 Å². The largest absolute Gasteiger partial charge is 0.401 e. The minimum Gasteiger partial charge on any atom is -0.338 e. The van der Waals surface area contributed by atoms with Crippen molar-refractivity contribution < 1.29 is 17.7 Å². The van der Waals surface area contributed by atoms with Crippen LogP contribution in [0.25, 0.3) is 0 Å². The van der Waals surface area contributed by atoms with Crippen molar-refractivity contribution >= 4 is 0 Å². The Labute approximate surface area is 97.0 Å². The van der Waals surface area contributed by atoms with Crippen LogP contribution in [0.3, 0.4) is 0 Å². The van der Waals surface area contributed by atoms with Crippen molar-refractivity contribution in [3.63, 3.8) is 0 Å². The lowest BCUT2D eigenvalue weighted by molar-refractivity contribution is -0.125. The van der Waals surface area contributed by atoms with E-state index in [0.717, 1.165) is 6.54 Å². The number of nitrogens with one attached hydrogen (secondary N) is 1. The van der Waals surface area contributed by atoms with E-state index in [1.165, 1.54) is 0 Å². The third-order valence-corrected chi connectivity index (χ3v) is 1.89. The van der Waals surface area contributed by atoms with Crippen LogP contribution in [0.1, 0.15) is 11.7 Å². The van der Waals surface area contributed by atoms with E-state index < -0.39 is 12.7 Å². The zero-order valence-electron chi connectivity index (χ0n) is 9.71. The van der Waals surface area contributed by atoms with Gasteiger partial charge in [0.1, 0.15) is 0 Å². The van der Waals surface area contributed by atoms with Gasteiger partial charge in [0.05, 0.1) is 13.1 Å². The molecule has 0 amide bonds. The molecule has 0 spiro atoms. The first-order valence-electron chi connectivity index (χ1n) is 5.10. The molecule has 0 saturated carbocycles. The van der Waals surface area contributed by atoms with Crippen LogP contribution in [0.4, 0.5) is 13.2 Å². The van der Waals surface area contributed by atoms with Crippen LogP contribution in [0.15, 0.2) is 4.52 Å². The van der Waals surface area contributed by atoms with Gasteiger partial charge in [-0.15, -0.1) is 0 Å². The van der Waals surface area contributed by atoms with Crippen LogP contribution in [0, 0.1) is 0 Å². The molecule has 1 rings (SSSR count). The Morgan fingerprint density at radius 2 is 2.06 bits per heavy atom. The fourth-order valence-electron chi connectivity index (χ4n) is 1.10. The SMILES string of the molecule is CN(C)CCc1noc(CNCC(F)(F)F)n1. The lowest BCUT2D eigenvalue weighted by Crippen LogP contribution is -2.28. The molecule has 0 fully saturated rings. The van der Waals surface area contributed by atoms with Crippen LogP contribution < -0.4 is 5.32 Å². The molecule has 17 heavy (non-hydrogen) atoms. The fraction of sp³-hybridized carbons (Fsp3) is 0.778. The van der Waals surface area contributed by atoms with E-state index in [4.69, 9.17) is 4.52 Å². The Hall–Kier alpha value is -1.15. The fourth-order valence-corrected chi connectivity index (χ4v) is 1.10. The molecule has 0 radical (unpaired) electrons. The Balaban J connectivity index is 2.31. The highest BCUT2D eigenvalue weighted by Crippen LogP contribution is 2.12. The Morgan fingerprint density at radius 3 is 2.65 bits per heavy atom. The predicted octanol–water partition coefficient (Wildman–Crippen LogP) is 0.826. The molecule has 0 aliphatic heterocycles. The normalized spacial score (nSPS) is 12.4. The van der Waals surface area contributed by atoms with Crippen molar-refractivity contribution in [2.24, 2.45) is 0 Å². The average molecular weight is 252 g/mol. The third kappa shape index (κ3) is 6.22. The summed E-state index contributed by atoms with van der Waals surface area (Å²) >= 11 is 0. The highest BCUT2D eigenvalue weighted by atomic mass is 19.4. The average Bonchev–Trinajstić information content (AvgIpc) is 2.61. The molecule has 8 heteroatoms. The van der Waals surface area contributed by atoms with E-state index in [9.17, 15) is 13.2 Å². The molecule has 1 N–H and O–H groups in total. The van der Waals surface area contributed by atoms with Gasteiger partial charge in [-0.05, 0) is 14.1 Å². The lowest BCUT2D eigenvalue weighted by Gasteiger charge is -2.05. The van der Waals surface area contributed by atoms with Gasteiger partial charge in [-0.2, -0.15) is 18.2 Å². The molecule has 0 aliphatic carbocycles. The monoisotopic (exact) mass is 252 g/mol. The molecule has 1 aromatic heterocycles. The van der Waals surface area contributed by atoms with Gasteiger partial charge in [-0.25, -0.2) is 0 Å². The number of halogens is 3. The number of aromatic nitrogens is 2. The van der Waals surface area contributed by atoms with Gasteiger partial charge in [0.2, 0.25) is 5.89 Å². The molecule has 1 heterocycles. The van der Waals surface area contributed by atoms with E-state index in [1.54, 1.807) is 0 Å². The second-order valence-electron chi connectivity index (χ2n) is 3.88. The quantitative estimate of drug-likeness (QED) is 0.812. The molecule has 1 aromatic rings. The Kier molecular flexibility index (Phi) is 4.88. The van der Waals surface area contributed by atoms with Crippen molar-refractivity contribution in [1.82, 2.24) is 20.4 Å². The summed E-state index contributed by atoms with van der Waals surface area (Å²) in [6.07, 6.45) is -3.62. The zero-order valence-corrected chi connectivity index (χ0v) is 9.71. The van der Waals surface area contributed by atoms with Crippen LogP contribution in [-0.4, -0.2) is 48.4 Å². The molecule has 0 saturated heterocycles. The van der Waals surface area contributed by atoms with E-state index in [1.807, 2.05) is 19.0 Å². The van der Waals surface area contributed by atoms with Gasteiger partial charge in [0, 0.05) is 13.0 Å². The minimum absolute atomic E-state index is 0.0749. The summed E-state index contributed by atoms with van der Waals surface area (Å²) < 4.78 is 40.3. The van der Waals surface area contributed by atoms with Crippen molar-refractivity contribution in [2.75, 3.05) is 27.2 Å². The van der Waals surface area contributed by atoms with Crippen LogP contribution in [0.2, 0.25) is 0 Å². The standard InChI is InChI=1S/C9H15F3N4O/c1-16(2)4-3-7-14-8(17-15-7)5-13-6-9(10,11)12/h13H,3-6H2,1-2H3. The maximum absolute atomic E-state index is 11.8. The number of alkyl halides is 3. The zero-order chi connectivity index (χ0) is 12.9. The molecular formula is C9H15F3N4O. The Bertz CT molecular complexity index is 337. The minimum atomic E-state index is -4.23. The maximum Gasteiger partial charge on any atom is 0.401 e. The Morgan fingerprint density at radius 1 is 1.35 bits per heavy atom. The van der Waals surface area contributed by atoms with Gasteiger partial charge >= 0.3 is 6.18 Å². The second-order valence-corrected chi connectivity index (χ2v) is 3.88. The van der Waals surface area contributed by atoms with Crippen molar-refractivity contribution in [3.05, 3.63) is 11.7 Å². The first kappa shape index (κ1) is 13.9. The first-order valence-corrected chi connectivity index (χ1v) is 5.10. The topological polar surface area (TPSA) is 54.2 Å². The molecule has 5 nitrogen and oxygen atoms in total. The van der Waals surface area contributed by atoms with E-state index in [-0.39, 0.29) is 12.4 Å². The highest BCUT2D eigenvalue weighted by molar-refractivity contribution is 4.86. The van der Waals surface area contributed by atoms with Crippen LogP contribution >= 0.6 is 0 Å². The third-order valence-electron chi connectivity index (χ3n) is 1.89. The summed E-state index contributed by atoms with van der Waals surface area (Å²) in [7, 11) is 3.82. The number of rotatable bonds is 6. The molecule has 98 valence electrons. The molecule has 0 aliphatic rings. The smallest absolute Gasteiger partial charge is 0.338 e. The van der Waals surface area contributed by atoms with Gasteiger partial charge in [0.15, 0.2) is 5.82 Å². The van der Waals surface area contributed by atoms with Gasteiger partial charge in [-0.3, -0.25) is 0 Å². The number of nitrogens with zero attached hydrogens (tertiary/aromatic N) is 3. The van der Waals surface area contributed by atoms with Crippen molar-refractivity contribution in [3.8, 4) is 0 Å². The highest BCUT2D eigenvalue weighted by Gasteiger charge is 2.26. The summed E-state index contributed by atoms with van der Waals surface area (Å²) in [6, 6.07) is 0.